The van der Waals surface area contributed by atoms with E-state index >= 15 is 0 Å². The van der Waals surface area contributed by atoms with Gasteiger partial charge in [0.2, 0.25) is 0 Å². The Hall–Kier alpha value is -2.54. The molecule has 2 N–H and O–H groups in total. The highest BCUT2D eigenvalue weighted by Gasteiger charge is 2.34. The number of likely N-dealkylation sites (tertiary alicyclic amines) is 1. The SMILES string of the molecule is COc1ccccc1CC1(O)CCN(C(=O)NCCc2cc(C)no2)CC1. The Morgan fingerprint density at radius 3 is 2.78 bits per heavy atom. The van der Waals surface area contributed by atoms with Crippen LogP contribution < -0.4 is 10.1 Å². The van der Waals surface area contributed by atoms with E-state index in [1.54, 1.807) is 12.0 Å². The number of aliphatic hydroxyl groups is 1. The Bertz CT molecular complexity index is 766. The van der Waals surface area contributed by atoms with E-state index in [-0.39, 0.29) is 6.03 Å². The van der Waals surface area contributed by atoms with Gasteiger partial charge in [-0.1, -0.05) is 23.4 Å². The van der Waals surface area contributed by atoms with Crippen LogP contribution in [-0.2, 0) is 12.8 Å². The van der Waals surface area contributed by atoms with Crippen molar-refractivity contribution in [3.63, 3.8) is 0 Å². The number of rotatable bonds is 6. The summed E-state index contributed by atoms with van der Waals surface area (Å²) in [6.07, 6.45) is 2.22. The van der Waals surface area contributed by atoms with Crippen molar-refractivity contribution in [1.82, 2.24) is 15.4 Å². The molecule has 1 aliphatic rings. The minimum absolute atomic E-state index is 0.106. The number of methoxy groups -OCH3 is 1. The molecule has 0 spiro atoms. The summed E-state index contributed by atoms with van der Waals surface area (Å²) < 4.78 is 10.5. The molecule has 1 fully saturated rings. The van der Waals surface area contributed by atoms with E-state index in [0.29, 0.717) is 45.3 Å². The molecule has 0 atom stereocenters. The van der Waals surface area contributed by atoms with E-state index < -0.39 is 5.60 Å². The summed E-state index contributed by atoms with van der Waals surface area (Å²) in [6, 6.07) is 9.49. The van der Waals surface area contributed by atoms with E-state index in [1.807, 2.05) is 37.3 Å². The van der Waals surface area contributed by atoms with E-state index in [0.717, 1.165) is 22.8 Å². The van der Waals surface area contributed by atoms with Gasteiger partial charge in [-0.05, 0) is 31.4 Å². The second-order valence-electron chi connectivity index (χ2n) is 7.12. The van der Waals surface area contributed by atoms with Crippen molar-refractivity contribution >= 4 is 6.03 Å². The lowest BCUT2D eigenvalue weighted by Crippen LogP contribution is -2.50. The quantitative estimate of drug-likeness (QED) is 0.811. The van der Waals surface area contributed by atoms with Crippen molar-refractivity contribution in [2.45, 2.75) is 38.2 Å². The third kappa shape index (κ3) is 5.01. The third-order valence-corrected chi connectivity index (χ3v) is 5.02. The number of aromatic nitrogens is 1. The minimum atomic E-state index is -0.817. The number of para-hydroxylation sites is 1. The molecule has 1 aromatic carbocycles. The Labute approximate surface area is 159 Å². The molecule has 146 valence electrons. The number of urea groups is 1. The smallest absolute Gasteiger partial charge is 0.317 e. The number of aryl methyl sites for hydroxylation is 1. The van der Waals surface area contributed by atoms with Gasteiger partial charge < -0.3 is 24.6 Å². The number of hydrogen-bond acceptors (Lipinski definition) is 5. The van der Waals surface area contributed by atoms with Crippen LogP contribution in [0.3, 0.4) is 0 Å². The van der Waals surface area contributed by atoms with Crippen LogP contribution in [0.25, 0.3) is 0 Å². The first-order chi connectivity index (χ1) is 13.0. The van der Waals surface area contributed by atoms with Crippen LogP contribution in [0, 0.1) is 6.92 Å². The second kappa shape index (κ2) is 8.43. The average molecular weight is 373 g/mol. The molecule has 1 aliphatic heterocycles. The molecule has 2 amide bonds. The van der Waals surface area contributed by atoms with Gasteiger partial charge in [-0.3, -0.25) is 0 Å². The zero-order chi connectivity index (χ0) is 19.3. The highest BCUT2D eigenvalue weighted by Crippen LogP contribution is 2.30. The van der Waals surface area contributed by atoms with Gasteiger partial charge in [0.25, 0.3) is 0 Å². The Morgan fingerprint density at radius 1 is 1.37 bits per heavy atom. The molecule has 7 nitrogen and oxygen atoms in total. The molecule has 2 heterocycles. The van der Waals surface area contributed by atoms with Crippen LogP contribution in [0.1, 0.15) is 29.9 Å². The van der Waals surface area contributed by atoms with E-state index in [4.69, 9.17) is 9.26 Å². The lowest BCUT2D eigenvalue weighted by Gasteiger charge is -2.38. The predicted molar refractivity (Wildman–Crippen MR) is 101 cm³/mol. The first-order valence-corrected chi connectivity index (χ1v) is 9.28. The molecule has 1 aromatic heterocycles. The van der Waals surface area contributed by atoms with Crippen LogP contribution in [0.2, 0.25) is 0 Å². The molecule has 0 saturated carbocycles. The van der Waals surface area contributed by atoms with Crippen molar-refractivity contribution in [3.05, 3.63) is 47.3 Å². The van der Waals surface area contributed by atoms with Crippen molar-refractivity contribution < 1.29 is 19.2 Å². The van der Waals surface area contributed by atoms with Crippen molar-refractivity contribution in [3.8, 4) is 5.75 Å². The summed E-state index contributed by atoms with van der Waals surface area (Å²) >= 11 is 0. The standard InChI is InChI=1S/C20H27N3O4/c1-15-13-17(27-22-15)7-10-21-19(24)23-11-8-20(25,9-12-23)14-16-5-3-4-6-18(16)26-2/h3-6,13,25H,7-12,14H2,1-2H3,(H,21,24). The molecule has 0 unspecified atom stereocenters. The van der Waals surface area contributed by atoms with E-state index in [2.05, 4.69) is 10.5 Å². The van der Waals surface area contributed by atoms with Crippen molar-refractivity contribution in [2.24, 2.45) is 0 Å². The lowest BCUT2D eigenvalue weighted by molar-refractivity contribution is -0.0119. The van der Waals surface area contributed by atoms with Crippen LogP contribution in [0.4, 0.5) is 4.79 Å². The molecule has 3 rings (SSSR count). The van der Waals surface area contributed by atoms with Crippen LogP contribution in [0.15, 0.2) is 34.9 Å². The zero-order valence-electron chi connectivity index (χ0n) is 15.9. The number of nitrogens with zero attached hydrogens (tertiary/aromatic N) is 2. The maximum absolute atomic E-state index is 12.3. The summed E-state index contributed by atoms with van der Waals surface area (Å²) in [5.41, 5.74) is 1.01. The number of carbonyl (C=O) groups is 1. The average Bonchev–Trinajstić information content (AvgIpc) is 3.07. The fourth-order valence-corrected chi connectivity index (χ4v) is 3.44. The molecular formula is C20H27N3O4. The van der Waals surface area contributed by atoms with Gasteiger partial charge in [-0.2, -0.15) is 0 Å². The number of carbonyl (C=O) groups excluding carboxylic acids is 1. The Balaban J connectivity index is 1.46. The largest absolute Gasteiger partial charge is 0.496 e. The topological polar surface area (TPSA) is 87.8 Å². The number of benzene rings is 1. The molecule has 1 saturated heterocycles. The van der Waals surface area contributed by atoms with Gasteiger partial charge in [-0.25, -0.2) is 4.79 Å². The van der Waals surface area contributed by atoms with Gasteiger partial charge >= 0.3 is 6.03 Å². The van der Waals surface area contributed by atoms with Crippen LogP contribution in [-0.4, -0.2) is 53.5 Å². The van der Waals surface area contributed by atoms with Gasteiger partial charge in [0.15, 0.2) is 0 Å². The third-order valence-electron chi connectivity index (χ3n) is 5.02. The lowest BCUT2D eigenvalue weighted by atomic mass is 9.85. The van der Waals surface area contributed by atoms with Gasteiger partial charge in [0.05, 0.1) is 18.4 Å². The van der Waals surface area contributed by atoms with Gasteiger partial charge in [0, 0.05) is 38.5 Å². The monoisotopic (exact) mass is 373 g/mol. The zero-order valence-corrected chi connectivity index (χ0v) is 15.9. The number of piperidine rings is 1. The number of nitrogens with one attached hydrogen (secondary N) is 1. The first kappa shape index (κ1) is 19.2. The summed E-state index contributed by atoms with van der Waals surface area (Å²) in [6.45, 7) is 3.42. The normalized spacial score (nSPS) is 16.2. The van der Waals surface area contributed by atoms with Crippen LogP contribution >= 0.6 is 0 Å². The minimum Gasteiger partial charge on any atom is -0.496 e. The molecular weight excluding hydrogens is 346 g/mol. The summed E-state index contributed by atoms with van der Waals surface area (Å²) in [7, 11) is 1.63. The molecule has 2 aromatic rings. The molecule has 0 radical (unpaired) electrons. The Morgan fingerprint density at radius 2 is 2.11 bits per heavy atom. The van der Waals surface area contributed by atoms with E-state index in [1.165, 1.54) is 0 Å². The predicted octanol–water partition coefficient (Wildman–Crippen LogP) is 2.31. The van der Waals surface area contributed by atoms with Crippen LogP contribution in [0.5, 0.6) is 5.75 Å². The Kier molecular flexibility index (Phi) is 6.01. The summed E-state index contributed by atoms with van der Waals surface area (Å²) in [5.74, 6) is 1.55. The second-order valence-corrected chi connectivity index (χ2v) is 7.12. The maximum atomic E-state index is 12.3. The first-order valence-electron chi connectivity index (χ1n) is 9.28. The summed E-state index contributed by atoms with van der Waals surface area (Å²) in [5, 5.41) is 17.7. The molecule has 27 heavy (non-hydrogen) atoms. The number of amides is 2. The number of hydrogen-bond donors (Lipinski definition) is 2. The number of ether oxygens (including phenoxy) is 1. The highest BCUT2D eigenvalue weighted by molar-refractivity contribution is 5.74. The highest BCUT2D eigenvalue weighted by atomic mass is 16.5. The van der Waals surface area contributed by atoms with Crippen molar-refractivity contribution in [1.29, 1.82) is 0 Å². The fourth-order valence-electron chi connectivity index (χ4n) is 3.44. The molecule has 7 heteroatoms. The molecule has 0 bridgehead atoms. The van der Waals surface area contributed by atoms with Gasteiger partial charge in [-0.15, -0.1) is 0 Å². The maximum Gasteiger partial charge on any atom is 0.317 e. The fraction of sp³-hybridized carbons (Fsp3) is 0.500. The van der Waals surface area contributed by atoms with Crippen molar-refractivity contribution in [2.75, 3.05) is 26.7 Å². The molecule has 0 aliphatic carbocycles. The van der Waals surface area contributed by atoms with Gasteiger partial charge in [0.1, 0.15) is 11.5 Å². The van der Waals surface area contributed by atoms with E-state index in [9.17, 15) is 9.90 Å². The summed E-state index contributed by atoms with van der Waals surface area (Å²) in [4.78, 5) is 14.1.